The Morgan fingerprint density at radius 1 is 0.933 bits per heavy atom. The van der Waals surface area contributed by atoms with Crippen molar-refractivity contribution in [3.05, 3.63) is 70.3 Å². The normalized spacial score (nSPS) is 18.2. The molecule has 1 saturated heterocycles. The lowest BCUT2D eigenvalue weighted by Crippen LogP contribution is -2.27. The number of likely N-dealkylation sites (N-methyl/N-ethyl adjacent to an activating group) is 2. The first-order valence-electron chi connectivity index (χ1n) is 9.17. The van der Waals surface area contributed by atoms with Crippen LogP contribution < -0.4 is 5.32 Å². The number of halogens is 6. The molecule has 3 atom stereocenters. The van der Waals surface area contributed by atoms with Crippen LogP contribution in [0.15, 0.2) is 24.3 Å². The molecule has 3 nitrogen and oxygen atoms in total. The van der Waals surface area contributed by atoms with Gasteiger partial charge in [-0.2, -0.15) is 5.26 Å². The minimum atomic E-state index is -1.21. The molecule has 0 bridgehead atoms. The lowest BCUT2D eigenvalue weighted by molar-refractivity contribution is 0.482. The first-order chi connectivity index (χ1) is 14.2. The number of hydrogen-bond donors (Lipinski definition) is 1. The summed E-state index contributed by atoms with van der Waals surface area (Å²) in [7, 11) is 3.53. The van der Waals surface area contributed by atoms with Gasteiger partial charge in [0.05, 0.1) is 12.5 Å². The summed E-state index contributed by atoms with van der Waals surface area (Å²) in [6, 6.07) is 4.82. The lowest BCUT2D eigenvalue weighted by atomic mass is 10.0. The van der Waals surface area contributed by atoms with Gasteiger partial charge in [0.25, 0.3) is 0 Å². The Balaban J connectivity index is 0.000000215. The minimum Gasteiger partial charge on any atom is -0.316 e. The highest BCUT2D eigenvalue weighted by Gasteiger charge is 2.30. The topological polar surface area (TPSA) is 38.8 Å². The van der Waals surface area contributed by atoms with Crippen LogP contribution in [0.5, 0.6) is 0 Å². The Labute approximate surface area is 170 Å². The van der Waals surface area contributed by atoms with E-state index in [0.29, 0.717) is 18.6 Å². The van der Waals surface area contributed by atoms with E-state index >= 15 is 0 Å². The molecule has 3 rings (SSSR count). The Bertz CT molecular complexity index is 928. The molecule has 30 heavy (non-hydrogen) atoms. The second-order valence-electron chi connectivity index (χ2n) is 7.06. The van der Waals surface area contributed by atoms with Gasteiger partial charge < -0.3 is 10.2 Å². The maximum Gasteiger partial charge on any atom is 0.161 e. The van der Waals surface area contributed by atoms with Gasteiger partial charge in [0, 0.05) is 30.8 Å². The van der Waals surface area contributed by atoms with E-state index < -0.39 is 34.9 Å². The molecule has 0 amide bonds. The molecule has 2 aromatic carbocycles. The highest BCUT2D eigenvalue weighted by atomic mass is 19.2. The van der Waals surface area contributed by atoms with E-state index in [-0.39, 0.29) is 36.1 Å². The number of nitrogens with one attached hydrogen (secondary N) is 1. The summed E-state index contributed by atoms with van der Waals surface area (Å²) >= 11 is 0. The quantitative estimate of drug-likeness (QED) is 0.427. The van der Waals surface area contributed by atoms with E-state index in [1.807, 2.05) is 18.0 Å². The summed E-state index contributed by atoms with van der Waals surface area (Å²) in [6.45, 7) is 0.887. The zero-order valence-corrected chi connectivity index (χ0v) is 16.5. The predicted molar refractivity (Wildman–Crippen MR) is 99.5 cm³/mol. The molecule has 162 valence electrons. The van der Waals surface area contributed by atoms with Crippen LogP contribution in [-0.2, 0) is 12.8 Å². The van der Waals surface area contributed by atoms with Gasteiger partial charge in [0.15, 0.2) is 23.3 Å². The zero-order chi connectivity index (χ0) is 22.4. The molecule has 1 aliphatic heterocycles. The van der Waals surface area contributed by atoms with Crippen LogP contribution in [-0.4, -0.2) is 37.6 Å². The summed E-state index contributed by atoms with van der Waals surface area (Å²) in [6.07, 6.45) is 0.765. The monoisotopic (exact) mass is 429 g/mol. The van der Waals surface area contributed by atoms with Crippen LogP contribution in [0.2, 0.25) is 0 Å². The van der Waals surface area contributed by atoms with E-state index in [1.165, 1.54) is 0 Å². The molecule has 9 heteroatoms. The first kappa shape index (κ1) is 23.7. The van der Waals surface area contributed by atoms with Crippen molar-refractivity contribution in [3.63, 3.8) is 0 Å². The third kappa shape index (κ3) is 6.47. The second-order valence-corrected chi connectivity index (χ2v) is 7.06. The van der Waals surface area contributed by atoms with Crippen molar-refractivity contribution in [3.8, 4) is 6.07 Å². The average molecular weight is 429 g/mol. The van der Waals surface area contributed by atoms with Crippen LogP contribution in [0, 0.1) is 46.2 Å². The molecular formula is C21H21F6N3. The second kappa shape index (κ2) is 10.5. The summed E-state index contributed by atoms with van der Waals surface area (Å²) in [5.41, 5.74) is 0.312. The molecule has 0 spiro atoms. The summed E-state index contributed by atoms with van der Waals surface area (Å²) in [5, 5.41) is 11.3. The maximum atomic E-state index is 13.3. The molecule has 0 saturated carbocycles. The Morgan fingerprint density at radius 2 is 1.40 bits per heavy atom. The van der Waals surface area contributed by atoms with Crippen molar-refractivity contribution in [2.75, 3.05) is 20.6 Å². The van der Waals surface area contributed by atoms with Crippen LogP contribution in [0.1, 0.15) is 17.5 Å². The number of hydrogen-bond acceptors (Lipinski definition) is 3. The van der Waals surface area contributed by atoms with Gasteiger partial charge in [-0.25, -0.2) is 26.3 Å². The average Bonchev–Trinajstić information content (AvgIpc) is 3.38. The summed E-state index contributed by atoms with van der Waals surface area (Å²) in [5.74, 6) is -5.85. The van der Waals surface area contributed by atoms with Gasteiger partial charge in [-0.1, -0.05) is 0 Å². The first-order valence-corrected chi connectivity index (χ1v) is 9.17. The molecule has 0 radical (unpaired) electrons. The predicted octanol–water partition coefficient (Wildman–Crippen LogP) is 4.11. The van der Waals surface area contributed by atoms with E-state index in [9.17, 15) is 26.3 Å². The van der Waals surface area contributed by atoms with Crippen molar-refractivity contribution < 1.29 is 26.3 Å². The van der Waals surface area contributed by atoms with Gasteiger partial charge in [0.2, 0.25) is 0 Å². The van der Waals surface area contributed by atoms with Gasteiger partial charge in [-0.3, -0.25) is 0 Å². The fourth-order valence-corrected chi connectivity index (χ4v) is 2.85. The Kier molecular flexibility index (Phi) is 8.26. The van der Waals surface area contributed by atoms with Gasteiger partial charge >= 0.3 is 0 Å². The minimum absolute atomic E-state index is 0.0634. The van der Waals surface area contributed by atoms with Crippen LogP contribution >= 0.6 is 0 Å². The van der Waals surface area contributed by atoms with E-state index in [0.717, 1.165) is 18.7 Å². The third-order valence-electron chi connectivity index (χ3n) is 4.83. The van der Waals surface area contributed by atoms with Crippen LogP contribution in [0.3, 0.4) is 0 Å². The maximum absolute atomic E-state index is 13.3. The van der Waals surface area contributed by atoms with Crippen molar-refractivity contribution in [2.24, 2.45) is 0 Å². The fraction of sp³-hybridized carbons (Fsp3) is 0.381. The fourth-order valence-electron chi connectivity index (χ4n) is 2.85. The molecule has 1 heterocycles. The molecule has 1 N–H and O–H groups in total. The lowest BCUT2D eigenvalue weighted by Gasteiger charge is -2.13. The van der Waals surface area contributed by atoms with Gasteiger partial charge in [0.1, 0.15) is 11.6 Å². The number of nitrogens with zero attached hydrogens (tertiary/aromatic N) is 2. The largest absolute Gasteiger partial charge is 0.316 e. The third-order valence-corrected chi connectivity index (χ3v) is 4.83. The SMILES string of the molecule is CN1C[C@H]1Cc1cc(F)c(F)cc1F.CN[C@@H](CC#N)Cc1cc(F)c(F)cc1F. The van der Waals surface area contributed by atoms with E-state index in [1.54, 1.807) is 7.05 Å². The highest BCUT2D eigenvalue weighted by molar-refractivity contribution is 5.22. The Hall–Kier alpha value is -2.57. The van der Waals surface area contributed by atoms with Crippen molar-refractivity contribution in [1.82, 2.24) is 10.2 Å². The zero-order valence-electron chi connectivity index (χ0n) is 16.5. The molecule has 2 aromatic rings. The number of benzene rings is 2. The van der Waals surface area contributed by atoms with Crippen LogP contribution in [0.4, 0.5) is 26.3 Å². The highest BCUT2D eigenvalue weighted by Crippen LogP contribution is 2.22. The molecular weight excluding hydrogens is 408 g/mol. The van der Waals surface area contributed by atoms with Crippen molar-refractivity contribution in [1.29, 1.82) is 5.26 Å². The number of rotatable bonds is 6. The Morgan fingerprint density at radius 3 is 1.87 bits per heavy atom. The number of nitriles is 1. The summed E-state index contributed by atoms with van der Waals surface area (Å²) in [4.78, 5) is 2.01. The molecule has 0 aliphatic carbocycles. The van der Waals surface area contributed by atoms with E-state index in [4.69, 9.17) is 5.26 Å². The van der Waals surface area contributed by atoms with E-state index in [2.05, 4.69) is 5.32 Å². The van der Waals surface area contributed by atoms with Crippen molar-refractivity contribution in [2.45, 2.75) is 31.3 Å². The standard InChI is InChI=1S/C11H11F3N2.C10H10F3N/c1-16-8(2-3-15)4-7-5-10(13)11(14)6-9(7)12;1-14-5-7(14)2-6-3-9(12)10(13)4-8(6)11/h5-6,8,16H,2,4H2,1H3;3-4,7H,2,5H2,1H3/t8-;7-,14?/m01/s1. The summed E-state index contributed by atoms with van der Waals surface area (Å²) < 4.78 is 77.2. The molecule has 1 fully saturated rings. The van der Waals surface area contributed by atoms with Crippen molar-refractivity contribution >= 4 is 0 Å². The molecule has 0 aromatic heterocycles. The smallest absolute Gasteiger partial charge is 0.161 e. The molecule has 1 aliphatic rings. The molecule has 1 unspecified atom stereocenters. The van der Waals surface area contributed by atoms with Crippen LogP contribution in [0.25, 0.3) is 0 Å². The van der Waals surface area contributed by atoms with Gasteiger partial charge in [-0.15, -0.1) is 0 Å². The van der Waals surface area contributed by atoms with Gasteiger partial charge in [-0.05, 0) is 50.2 Å².